The van der Waals surface area contributed by atoms with Crippen LogP contribution in [-0.4, -0.2) is 56.6 Å². The first-order chi connectivity index (χ1) is 16.2. The van der Waals surface area contributed by atoms with Gasteiger partial charge in [-0.15, -0.1) is 0 Å². The van der Waals surface area contributed by atoms with Gasteiger partial charge >= 0.3 is 0 Å². The zero-order chi connectivity index (χ0) is 22.6. The number of pyridine rings is 1. The van der Waals surface area contributed by atoms with Gasteiger partial charge in [0.05, 0.1) is 48.6 Å². The molecular formula is C26H25N5O2. The zero-order valence-electron chi connectivity index (χ0n) is 18.5. The van der Waals surface area contributed by atoms with Gasteiger partial charge in [0.1, 0.15) is 0 Å². The molecule has 2 aromatic heterocycles. The van der Waals surface area contributed by atoms with E-state index in [0.29, 0.717) is 37.4 Å². The van der Waals surface area contributed by atoms with Crippen LogP contribution in [0.2, 0.25) is 0 Å². The summed E-state index contributed by atoms with van der Waals surface area (Å²) in [7, 11) is 0. The predicted octanol–water partition coefficient (Wildman–Crippen LogP) is 3.72. The second-order valence-corrected chi connectivity index (χ2v) is 8.19. The molecule has 0 bridgehead atoms. The summed E-state index contributed by atoms with van der Waals surface area (Å²) in [5.41, 5.74) is 5.43. The van der Waals surface area contributed by atoms with Crippen LogP contribution in [0.5, 0.6) is 0 Å². The van der Waals surface area contributed by atoms with Crippen molar-refractivity contribution < 1.29 is 9.53 Å². The molecule has 1 amide bonds. The number of ether oxygens (including phenoxy) is 1. The number of aryl methyl sites for hydroxylation is 1. The normalized spacial score (nSPS) is 16.0. The van der Waals surface area contributed by atoms with Gasteiger partial charge < -0.3 is 9.64 Å². The molecule has 0 saturated carbocycles. The first kappa shape index (κ1) is 21.0. The lowest BCUT2D eigenvalue weighted by molar-refractivity contribution is -0.00165. The molecule has 7 heteroatoms. The van der Waals surface area contributed by atoms with Gasteiger partial charge in [0.2, 0.25) is 0 Å². The monoisotopic (exact) mass is 439 g/mol. The number of amides is 1. The third kappa shape index (κ3) is 4.54. The molecule has 0 spiro atoms. The van der Waals surface area contributed by atoms with Gasteiger partial charge in [-0.3, -0.25) is 9.78 Å². The largest absolute Gasteiger partial charge is 0.377 e. The highest BCUT2D eigenvalue weighted by Crippen LogP contribution is 2.23. The van der Waals surface area contributed by atoms with E-state index in [1.807, 2.05) is 54.3 Å². The maximum absolute atomic E-state index is 13.7. The van der Waals surface area contributed by atoms with E-state index in [9.17, 15) is 4.79 Å². The minimum atomic E-state index is -0.0656. The summed E-state index contributed by atoms with van der Waals surface area (Å²) in [6, 6.07) is 19.9. The highest BCUT2D eigenvalue weighted by Gasteiger charge is 2.30. The van der Waals surface area contributed by atoms with Gasteiger partial charge in [0, 0.05) is 18.3 Å². The number of rotatable bonds is 5. The van der Waals surface area contributed by atoms with Crippen molar-refractivity contribution in [3.63, 3.8) is 0 Å². The molecule has 1 saturated heterocycles. The Bertz CT molecular complexity index is 1240. The van der Waals surface area contributed by atoms with Crippen molar-refractivity contribution in [2.75, 3.05) is 19.8 Å². The molecule has 2 aromatic carbocycles. The van der Waals surface area contributed by atoms with E-state index in [4.69, 9.17) is 4.74 Å². The van der Waals surface area contributed by atoms with Crippen LogP contribution < -0.4 is 0 Å². The molecule has 1 fully saturated rings. The van der Waals surface area contributed by atoms with Crippen molar-refractivity contribution in [1.82, 2.24) is 24.9 Å². The Balaban J connectivity index is 1.43. The van der Waals surface area contributed by atoms with Crippen LogP contribution in [0.4, 0.5) is 0 Å². The summed E-state index contributed by atoms with van der Waals surface area (Å²) in [5, 5.41) is 8.47. The Morgan fingerprint density at radius 1 is 1.03 bits per heavy atom. The van der Waals surface area contributed by atoms with Gasteiger partial charge in [-0.25, -0.2) is 0 Å². The van der Waals surface area contributed by atoms with Crippen molar-refractivity contribution in [2.45, 2.75) is 19.4 Å². The van der Waals surface area contributed by atoms with Crippen molar-refractivity contribution in [3.05, 3.63) is 95.9 Å². The fraction of sp³-hybridized carbons (Fsp3) is 0.231. The topological polar surface area (TPSA) is 73.1 Å². The molecule has 0 aliphatic carbocycles. The zero-order valence-corrected chi connectivity index (χ0v) is 18.5. The maximum Gasteiger partial charge on any atom is 0.256 e. The maximum atomic E-state index is 13.7. The van der Waals surface area contributed by atoms with Gasteiger partial charge in [-0.1, -0.05) is 35.9 Å². The van der Waals surface area contributed by atoms with E-state index in [1.54, 1.807) is 18.6 Å². The SMILES string of the molecule is Cc1ccc(-n2nccn2)c(C(=O)N2CCOCC2Cc2cccc(-c3ccccn3)c2)c1. The quantitative estimate of drug-likeness (QED) is 0.474. The van der Waals surface area contributed by atoms with Crippen LogP contribution in [-0.2, 0) is 11.2 Å². The van der Waals surface area contributed by atoms with Gasteiger partial charge in [-0.2, -0.15) is 15.0 Å². The molecule has 1 atom stereocenters. The number of hydrogen-bond donors (Lipinski definition) is 0. The Labute approximate surface area is 192 Å². The fourth-order valence-corrected chi connectivity index (χ4v) is 4.24. The van der Waals surface area contributed by atoms with Crippen LogP contribution in [0.15, 0.2) is 79.3 Å². The second kappa shape index (κ2) is 9.34. The summed E-state index contributed by atoms with van der Waals surface area (Å²) >= 11 is 0. The standard InChI is InChI=1S/C26H25N5O2/c1-19-8-9-25(31-28-11-12-29-31)23(15-19)26(32)30-13-14-33-18-22(30)17-20-5-4-6-21(16-20)24-7-2-3-10-27-24/h2-12,15-16,22H,13-14,17-18H2,1H3. The predicted molar refractivity (Wildman–Crippen MR) is 125 cm³/mol. The second-order valence-electron chi connectivity index (χ2n) is 8.19. The van der Waals surface area contributed by atoms with Crippen LogP contribution in [0.1, 0.15) is 21.5 Å². The molecule has 5 rings (SSSR count). The minimum Gasteiger partial charge on any atom is -0.377 e. The van der Waals surface area contributed by atoms with Gasteiger partial charge in [0.15, 0.2) is 0 Å². The summed E-state index contributed by atoms with van der Waals surface area (Å²) < 4.78 is 5.78. The van der Waals surface area contributed by atoms with Crippen LogP contribution in [0, 0.1) is 6.92 Å². The Hall–Kier alpha value is -3.84. The van der Waals surface area contributed by atoms with Crippen LogP contribution in [0.3, 0.4) is 0 Å². The van der Waals surface area contributed by atoms with Crippen molar-refractivity contribution in [1.29, 1.82) is 0 Å². The van der Waals surface area contributed by atoms with E-state index in [2.05, 4.69) is 33.4 Å². The summed E-state index contributed by atoms with van der Waals surface area (Å²) in [4.78, 5) is 21.6. The minimum absolute atomic E-state index is 0.0276. The molecule has 4 aromatic rings. The number of morpholine rings is 1. The number of carbonyl (C=O) groups excluding carboxylic acids is 1. The van der Waals surface area contributed by atoms with Gasteiger partial charge in [0.25, 0.3) is 5.91 Å². The van der Waals surface area contributed by atoms with E-state index in [-0.39, 0.29) is 11.9 Å². The molecule has 33 heavy (non-hydrogen) atoms. The van der Waals surface area contributed by atoms with Gasteiger partial charge in [-0.05, 0) is 49.2 Å². The number of benzene rings is 2. The van der Waals surface area contributed by atoms with E-state index in [0.717, 1.165) is 22.4 Å². The van der Waals surface area contributed by atoms with Crippen molar-refractivity contribution in [2.24, 2.45) is 0 Å². The number of carbonyl (C=O) groups is 1. The van der Waals surface area contributed by atoms with E-state index in [1.165, 1.54) is 4.80 Å². The molecule has 1 aliphatic heterocycles. The summed E-state index contributed by atoms with van der Waals surface area (Å²) in [6.45, 7) is 3.55. The lowest BCUT2D eigenvalue weighted by Gasteiger charge is -2.36. The lowest BCUT2D eigenvalue weighted by Crippen LogP contribution is -2.50. The lowest BCUT2D eigenvalue weighted by atomic mass is 9.99. The van der Waals surface area contributed by atoms with Crippen LogP contribution in [0.25, 0.3) is 16.9 Å². The molecule has 0 radical (unpaired) electrons. The molecule has 1 unspecified atom stereocenters. The third-order valence-electron chi connectivity index (χ3n) is 5.86. The first-order valence-electron chi connectivity index (χ1n) is 11.1. The van der Waals surface area contributed by atoms with E-state index < -0.39 is 0 Å². The average Bonchev–Trinajstić information content (AvgIpc) is 3.39. The fourth-order valence-electron chi connectivity index (χ4n) is 4.24. The molecule has 166 valence electrons. The highest BCUT2D eigenvalue weighted by atomic mass is 16.5. The average molecular weight is 440 g/mol. The summed E-state index contributed by atoms with van der Waals surface area (Å²) in [6.07, 6.45) is 5.72. The smallest absolute Gasteiger partial charge is 0.256 e. The third-order valence-corrected chi connectivity index (χ3v) is 5.86. The summed E-state index contributed by atoms with van der Waals surface area (Å²) in [5.74, 6) is -0.0276. The molecule has 3 heterocycles. The molecular weight excluding hydrogens is 414 g/mol. The van der Waals surface area contributed by atoms with Crippen molar-refractivity contribution in [3.8, 4) is 16.9 Å². The number of hydrogen-bond acceptors (Lipinski definition) is 5. The van der Waals surface area contributed by atoms with Crippen LogP contribution >= 0.6 is 0 Å². The Morgan fingerprint density at radius 2 is 1.91 bits per heavy atom. The molecule has 7 nitrogen and oxygen atoms in total. The Morgan fingerprint density at radius 3 is 2.73 bits per heavy atom. The molecule has 1 aliphatic rings. The van der Waals surface area contributed by atoms with E-state index >= 15 is 0 Å². The number of nitrogens with zero attached hydrogens (tertiary/aromatic N) is 5. The first-order valence-corrected chi connectivity index (χ1v) is 11.1. The highest BCUT2D eigenvalue weighted by molar-refractivity contribution is 5.98. The number of aromatic nitrogens is 4. The van der Waals surface area contributed by atoms with Crippen molar-refractivity contribution >= 4 is 5.91 Å². The Kier molecular flexibility index (Phi) is 5.95. The molecule has 0 N–H and O–H groups in total.